The van der Waals surface area contributed by atoms with Crippen molar-refractivity contribution in [2.75, 3.05) is 16.8 Å². The van der Waals surface area contributed by atoms with E-state index in [9.17, 15) is 8.42 Å². The van der Waals surface area contributed by atoms with Crippen LogP contribution in [0.4, 0.5) is 5.69 Å². The third-order valence-electron chi connectivity index (χ3n) is 2.60. The fourth-order valence-electron chi connectivity index (χ4n) is 1.75. The highest BCUT2D eigenvalue weighted by Crippen LogP contribution is 2.25. The molecule has 0 radical (unpaired) electrons. The van der Waals surface area contributed by atoms with E-state index in [1.807, 2.05) is 45.0 Å². The van der Waals surface area contributed by atoms with Crippen LogP contribution in [0.15, 0.2) is 24.3 Å². The first-order chi connectivity index (χ1) is 8.84. The van der Waals surface area contributed by atoms with Gasteiger partial charge in [-0.2, -0.15) is 0 Å². The van der Waals surface area contributed by atoms with Crippen molar-refractivity contribution in [2.45, 2.75) is 39.8 Å². The van der Waals surface area contributed by atoms with Crippen molar-refractivity contribution in [1.29, 1.82) is 0 Å². The number of ether oxygens (including phenoxy) is 1. The van der Waals surface area contributed by atoms with Gasteiger partial charge in [0, 0.05) is 11.8 Å². The Balaban J connectivity index is 2.76. The second kappa shape index (κ2) is 6.80. The van der Waals surface area contributed by atoms with Crippen LogP contribution in [0.3, 0.4) is 0 Å². The number of nitrogens with one attached hydrogen (secondary N) is 1. The second-order valence-electron chi connectivity index (χ2n) is 4.91. The van der Waals surface area contributed by atoms with Crippen LogP contribution >= 0.6 is 0 Å². The van der Waals surface area contributed by atoms with E-state index < -0.39 is 9.84 Å². The van der Waals surface area contributed by atoms with Crippen molar-refractivity contribution in [3.05, 3.63) is 24.3 Å². The van der Waals surface area contributed by atoms with Gasteiger partial charge in [0.15, 0.2) is 9.84 Å². The molecule has 0 aliphatic heterocycles. The Morgan fingerprint density at radius 2 is 1.84 bits per heavy atom. The van der Waals surface area contributed by atoms with E-state index in [4.69, 9.17) is 4.74 Å². The highest BCUT2D eigenvalue weighted by Gasteiger charge is 2.15. The topological polar surface area (TPSA) is 55.4 Å². The van der Waals surface area contributed by atoms with Crippen LogP contribution in [-0.2, 0) is 9.84 Å². The highest BCUT2D eigenvalue weighted by atomic mass is 32.2. The molecule has 4 nitrogen and oxygen atoms in total. The molecule has 0 fully saturated rings. The summed E-state index contributed by atoms with van der Waals surface area (Å²) >= 11 is 0. The van der Waals surface area contributed by atoms with Crippen molar-refractivity contribution in [1.82, 2.24) is 0 Å². The first-order valence-electron chi connectivity index (χ1n) is 6.56. The van der Waals surface area contributed by atoms with E-state index in [0.29, 0.717) is 0 Å². The number of sulfone groups is 1. The number of para-hydroxylation sites is 2. The third kappa shape index (κ3) is 5.51. The van der Waals surface area contributed by atoms with E-state index in [1.54, 1.807) is 6.92 Å². The lowest BCUT2D eigenvalue weighted by atomic mass is 10.2. The van der Waals surface area contributed by atoms with Crippen LogP contribution in [0.5, 0.6) is 5.75 Å². The number of benzene rings is 1. The zero-order valence-electron chi connectivity index (χ0n) is 12.0. The van der Waals surface area contributed by atoms with Gasteiger partial charge >= 0.3 is 0 Å². The molecule has 0 saturated heterocycles. The molecule has 1 atom stereocenters. The van der Waals surface area contributed by atoms with Gasteiger partial charge in [-0.25, -0.2) is 8.42 Å². The number of hydrogen-bond acceptors (Lipinski definition) is 4. The summed E-state index contributed by atoms with van der Waals surface area (Å²) < 4.78 is 28.9. The van der Waals surface area contributed by atoms with Gasteiger partial charge in [-0.15, -0.1) is 0 Å². The Kier molecular flexibility index (Phi) is 5.66. The fourth-order valence-corrected chi connectivity index (χ4v) is 2.83. The van der Waals surface area contributed by atoms with Gasteiger partial charge in [-0.1, -0.05) is 19.1 Å². The summed E-state index contributed by atoms with van der Waals surface area (Å²) in [4.78, 5) is 0. The van der Waals surface area contributed by atoms with Crippen LogP contribution in [0.25, 0.3) is 0 Å². The van der Waals surface area contributed by atoms with Gasteiger partial charge in [-0.05, 0) is 32.9 Å². The summed E-state index contributed by atoms with van der Waals surface area (Å²) in [6.07, 6.45) is 0.0811. The lowest BCUT2D eigenvalue weighted by Gasteiger charge is -2.19. The molecular weight excluding hydrogens is 262 g/mol. The SMILES string of the molecule is CCS(=O)(=O)CC(C)Nc1ccccc1OC(C)C. The van der Waals surface area contributed by atoms with Gasteiger partial charge in [0.05, 0.1) is 17.5 Å². The van der Waals surface area contributed by atoms with Crippen molar-refractivity contribution in [2.24, 2.45) is 0 Å². The second-order valence-corrected chi connectivity index (χ2v) is 7.30. The third-order valence-corrected chi connectivity index (χ3v) is 4.48. The average Bonchev–Trinajstić information content (AvgIpc) is 2.30. The maximum atomic E-state index is 11.6. The number of rotatable bonds is 7. The normalized spacial score (nSPS) is 13.3. The molecule has 108 valence electrons. The summed E-state index contributed by atoms with van der Waals surface area (Å²) in [7, 11) is -2.98. The molecule has 0 aromatic heterocycles. The molecule has 0 spiro atoms. The maximum Gasteiger partial charge on any atom is 0.152 e. The lowest BCUT2D eigenvalue weighted by Crippen LogP contribution is -2.27. The van der Waals surface area contributed by atoms with E-state index in [2.05, 4.69) is 5.32 Å². The van der Waals surface area contributed by atoms with Gasteiger partial charge in [0.2, 0.25) is 0 Å². The Labute approximate surface area is 116 Å². The Bertz CT molecular complexity index is 497. The van der Waals surface area contributed by atoms with Gasteiger partial charge in [0.25, 0.3) is 0 Å². The maximum absolute atomic E-state index is 11.6. The van der Waals surface area contributed by atoms with E-state index >= 15 is 0 Å². The predicted octanol–water partition coefficient (Wildman–Crippen LogP) is 2.71. The molecule has 0 bridgehead atoms. The summed E-state index contributed by atoms with van der Waals surface area (Å²) in [6, 6.07) is 7.42. The summed E-state index contributed by atoms with van der Waals surface area (Å²) in [5.74, 6) is 1.04. The average molecular weight is 285 g/mol. The molecule has 0 aliphatic rings. The molecule has 0 heterocycles. The minimum absolute atomic E-state index is 0.0811. The smallest absolute Gasteiger partial charge is 0.152 e. The minimum Gasteiger partial charge on any atom is -0.489 e. The highest BCUT2D eigenvalue weighted by molar-refractivity contribution is 7.91. The number of anilines is 1. The van der Waals surface area contributed by atoms with Crippen molar-refractivity contribution in [3.63, 3.8) is 0 Å². The van der Waals surface area contributed by atoms with Crippen LogP contribution < -0.4 is 10.1 Å². The molecule has 0 aliphatic carbocycles. The molecule has 0 amide bonds. The van der Waals surface area contributed by atoms with Crippen LogP contribution in [0.2, 0.25) is 0 Å². The van der Waals surface area contributed by atoms with E-state index in [-0.39, 0.29) is 23.7 Å². The Hall–Kier alpha value is -1.23. The minimum atomic E-state index is -2.98. The monoisotopic (exact) mass is 285 g/mol. The summed E-state index contributed by atoms with van der Waals surface area (Å²) in [5.41, 5.74) is 0.829. The molecule has 1 aromatic rings. The van der Waals surface area contributed by atoms with Crippen molar-refractivity contribution >= 4 is 15.5 Å². The van der Waals surface area contributed by atoms with E-state index in [1.165, 1.54) is 0 Å². The van der Waals surface area contributed by atoms with Crippen molar-refractivity contribution < 1.29 is 13.2 Å². The van der Waals surface area contributed by atoms with Crippen LogP contribution in [0.1, 0.15) is 27.7 Å². The molecule has 1 rings (SSSR count). The largest absolute Gasteiger partial charge is 0.489 e. The summed E-state index contributed by atoms with van der Waals surface area (Å²) in [6.45, 7) is 7.45. The lowest BCUT2D eigenvalue weighted by molar-refractivity contribution is 0.243. The predicted molar refractivity (Wildman–Crippen MR) is 79.6 cm³/mol. The molecule has 19 heavy (non-hydrogen) atoms. The first kappa shape index (κ1) is 15.8. The van der Waals surface area contributed by atoms with Gasteiger partial charge in [0.1, 0.15) is 5.75 Å². The van der Waals surface area contributed by atoms with E-state index in [0.717, 1.165) is 11.4 Å². The number of hydrogen-bond donors (Lipinski definition) is 1. The Morgan fingerprint density at radius 3 is 2.42 bits per heavy atom. The molecule has 1 aromatic carbocycles. The quantitative estimate of drug-likeness (QED) is 0.837. The van der Waals surface area contributed by atoms with Crippen LogP contribution in [-0.4, -0.2) is 32.1 Å². The fraction of sp³-hybridized carbons (Fsp3) is 0.571. The first-order valence-corrected chi connectivity index (χ1v) is 8.39. The van der Waals surface area contributed by atoms with Gasteiger partial charge < -0.3 is 10.1 Å². The molecule has 0 saturated carbocycles. The molecule has 1 N–H and O–H groups in total. The molecule has 1 unspecified atom stereocenters. The zero-order chi connectivity index (χ0) is 14.5. The van der Waals surface area contributed by atoms with Crippen molar-refractivity contribution in [3.8, 4) is 5.75 Å². The van der Waals surface area contributed by atoms with Crippen LogP contribution in [0, 0.1) is 0 Å². The molecule has 5 heteroatoms. The summed E-state index contributed by atoms with van der Waals surface area (Å²) in [5, 5.41) is 3.20. The zero-order valence-corrected chi connectivity index (χ0v) is 12.8. The molecular formula is C14H23NO3S. The standard InChI is InChI=1S/C14H23NO3S/c1-5-19(16,17)10-12(4)15-13-8-6-7-9-14(13)18-11(2)3/h6-9,11-12,15H,5,10H2,1-4H3. The Morgan fingerprint density at radius 1 is 1.21 bits per heavy atom. The van der Waals surface area contributed by atoms with Gasteiger partial charge in [-0.3, -0.25) is 0 Å².